The molecule has 0 radical (unpaired) electrons. The van der Waals surface area contributed by atoms with Crippen molar-refractivity contribution < 1.29 is 28.2 Å². The van der Waals surface area contributed by atoms with Gasteiger partial charge in [-0.15, -0.1) is 0 Å². The van der Waals surface area contributed by atoms with Crippen molar-refractivity contribution in [3.8, 4) is 5.75 Å². The van der Waals surface area contributed by atoms with E-state index in [9.17, 15) is 23.5 Å². The van der Waals surface area contributed by atoms with Gasteiger partial charge in [0, 0.05) is 55.1 Å². The number of aliphatic hydroxyl groups excluding tert-OH is 1. The average molecular weight is 547 g/mol. The first-order valence-corrected chi connectivity index (χ1v) is 12.9. The molecule has 3 amide bonds. The minimum atomic E-state index is -0.649. The molecule has 10 heteroatoms. The third-order valence-corrected chi connectivity index (χ3v) is 8.04. The highest BCUT2D eigenvalue weighted by molar-refractivity contribution is 5.97. The van der Waals surface area contributed by atoms with Crippen molar-refractivity contribution in [3.05, 3.63) is 95.2 Å². The number of methoxy groups -OCH3 is 1. The second-order valence-electron chi connectivity index (χ2n) is 10.4. The zero-order chi connectivity index (χ0) is 28.2. The first-order valence-electron chi connectivity index (χ1n) is 12.9. The first kappa shape index (κ1) is 25.8. The number of nitrogens with one attached hydrogen (secondary N) is 1. The Morgan fingerprint density at radius 1 is 1.00 bits per heavy atom. The van der Waals surface area contributed by atoms with Crippen molar-refractivity contribution in [3.63, 3.8) is 0 Å². The Kier molecular flexibility index (Phi) is 6.22. The van der Waals surface area contributed by atoms with Crippen LogP contribution in [-0.4, -0.2) is 64.8 Å². The molecule has 3 aromatic carbocycles. The van der Waals surface area contributed by atoms with E-state index in [1.54, 1.807) is 16.9 Å². The number of aliphatic hydroxyl groups is 1. The predicted octanol–water partition coefficient (Wildman–Crippen LogP) is 4.44. The van der Waals surface area contributed by atoms with Crippen LogP contribution in [0.1, 0.15) is 27.7 Å². The molecule has 1 atom stereocenters. The van der Waals surface area contributed by atoms with Gasteiger partial charge in [0.25, 0.3) is 5.91 Å². The van der Waals surface area contributed by atoms with Gasteiger partial charge >= 0.3 is 6.03 Å². The molecule has 0 aliphatic carbocycles. The number of rotatable bonds is 4. The van der Waals surface area contributed by atoms with Crippen LogP contribution in [-0.2, 0) is 12.5 Å². The number of hydrogen-bond donors (Lipinski definition) is 2. The van der Waals surface area contributed by atoms with E-state index < -0.39 is 23.1 Å². The SMILES string of the molecule is COc1ccc2c3c(n(C)c2c1)[C@@H](CO)N(C(=O)c1ccc(F)cc1)CC31CN(C(=O)Nc2ccc(F)cc2)C1. The summed E-state index contributed by atoms with van der Waals surface area (Å²) in [5.41, 5.74) is 2.83. The van der Waals surface area contributed by atoms with Crippen LogP contribution in [0.5, 0.6) is 5.75 Å². The van der Waals surface area contributed by atoms with Crippen LogP contribution in [0.25, 0.3) is 10.9 Å². The zero-order valence-electron chi connectivity index (χ0n) is 22.0. The summed E-state index contributed by atoms with van der Waals surface area (Å²) in [6.45, 7) is 0.589. The van der Waals surface area contributed by atoms with Gasteiger partial charge < -0.3 is 29.5 Å². The normalized spacial score (nSPS) is 17.5. The summed E-state index contributed by atoms with van der Waals surface area (Å²) in [6.07, 6.45) is 0. The number of carbonyl (C=O) groups excluding carboxylic acids is 2. The lowest BCUT2D eigenvalue weighted by molar-refractivity contribution is 0.0150. The standard InChI is InChI=1S/C30H28F2N4O4/c1-34-24-13-22(40-2)11-12-23(24)26-27(34)25(14-37)36(28(38)18-3-5-19(31)6-4-18)17-30(26)15-35(16-30)29(39)33-21-9-7-20(32)8-10-21/h3-13,25,37H,14-17H2,1-2H3,(H,33,39)/t25-/m1/s1. The van der Waals surface area contributed by atoms with Crippen molar-refractivity contribution in [1.29, 1.82) is 0 Å². The molecular formula is C30H28F2N4O4. The fraction of sp³-hybridized carbons (Fsp3) is 0.267. The van der Waals surface area contributed by atoms with E-state index in [-0.39, 0.29) is 25.1 Å². The predicted molar refractivity (Wildman–Crippen MR) is 145 cm³/mol. The Morgan fingerprint density at radius 3 is 2.27 bits per heavy atom. The zero-order valence-corrected chi connectivity index (χ0v) is 22.0. The maximum atomic E-state index is 13.8. The lowest BCUT2D eigenvalue weighted by atomic mass is 9.68. The summed E-state index contributed by atoms with van der Waals surface area (Å²) < 4.78 is 34.4. The molecular weight excluding hydrogens is 518 g/mol. The number of anilines is 1. The summed E-state index contributed by atoms with van der Waals surface area (Å²) in [7, 11) is 3.48. The minimum absolute atomic E-state index is 0.257. The molecule has 6 rings (SSSR count). The number of aryl methyl sites for hydroxylation is 1. The maximum absolute atomic E-state index is 13.8. The number of urea groups is 1. The van der Waals surface area contributed by atoms with Crippen LogP contribution in [0, 0.1) is 11.6 Å². The monoisotopic (exact) mass is 546 g/mol. The molecule has 0 saturated carbocycles. The maximum Gasteiger partial charge on any atom is 0.321 e. The molecule has 206 valence electrons. The van der Waals surface area contributed by atoms with Crippen LogP contribution in [0.2, 0.25) is 0 Å². The molecule has 0 unspecified atom stereocenters. The van der Waals surface area contributed by atoms with Crippen molar-refractivity contribution in [2.24, 2.45) is 7.05 Å². The van der Waals surface area contributed by atoms with E-state index in [1.165, 1.54) is 48.5 Å². The number of halogens is 2. The largest absolute Gasteiger partial charge is 0.497 e. The Hall–Kier alpha value is -4.44. The van der Waals surface area contributed by atoms with Gasteiger partial charge in [0.05, 0.1) is 30.7 Å². The van der Waals surface area contributed by atoms with E-state index in [4.69, 9.17) is 4.74 Å². The van der Waals surface area contributed by atoms with Gasteiger partial charge in [0.2, 0.25) is 0 Å². The van der Waals surface area contributed by atoms with E-state index in [2.05, 4.69) is 5.32 Å². The van der Waals surface area contributed by atoms with Crippen LogP contribution < -0.4 is 10.1 Å². The summed E-state index contributed by atoms with van der Waals surface area (Å²) in [6, 6.07) is 15.7. The average Bonchev–Trinajstić information content (AvgIpc) is 3.24. The van der Waals surface area contributed by atoms with Crippen LogP contribution >= 0.6 is 0 Å². The fourth-order valence-corrected chi connectivity index (χ4v) is 6.15. The highest BCUT2D eigenvalue weighted by Gasteiger charge is 2.55. The number of hydrogen-bond acceptors (Lipinski definition) is 4. The Balaban J connectivity index is 1.41. The number of nitrogens with zero attached hydrogens (tertiary/aromatic N) is 3. The van der Waals surface area contributed by atoms with Gasteiger partial charge in [-0.05, 0) is 66.2 Å². The molecule has 1 fully saturated rings. The molecule has 2 N–H and O–H groups in total. The summed E-state index contributed by atoms with van der Waals surface area (Å²) in [5.74, 6) is -0.501. The quantitative estimate of drug-likeness (QED) is 0.396. The molecule has 8 nitrogen and oxygen atoms in total. The molecule has 3 heterocycles. The molecule has 1 aromatic heterocycles. The Labute approximate surface area is 229 Å². The van der Waals surface area contributed by atoms with Crippen molar-refractivity contribution in [2.75, 3.05) is 38.7 Å². The highest BCUT2D eigenvalue weighted by atomic mass is 19.1. The molecule has 1 spiro atoms. The van der Waals surface area contributed by atoms with Gasteiger partial charge in [-0.25, -0.2) is 13.6 Å². The Morgan fingerprint density at radius 2 is 1.65 bits per heavy atom. The molecule has 0 bridgehead atoms. The molecule has 40 heavy (non-hydrogen) atoms. The number of ether oxygens (including phenoxy) is 1. The van der Waals surface area contributed by atoms with Crippen molar-refractivity contribution >= 4 is 28.5 Å². The molecule has 2 aliphatic rings. The number of aromatic nitrogens is 1. The van der Waals surface area contributed by atoms with Crippen molar-refractivity contribution in [1.82, 2.24) is 14.4 Å². The number of carbonyl (C=O) groups is 2. The van der Waals surface area contributed by atoms with Crippen molar-refractivity contribution in [2.45, 2.75) is 11.5 Å². The second kappa shape index (κ2) is 9.63. The molecule has 1 saturated heterocycles. The minimum Gasteiger partial charge on any atom is -0.497 e. The van der Waals surface area contributed by atoms with Crippen LogP contribution in [0.3, 0.4) is 0 Å². The molecule has 4 aromatic rings. The van der Waals surface area contributed by atoms with Gasteiger partial charge in [-0.3, -0.25) is 4.79 Å². The van der Waals surface area contributed by atoms with Crippen LogP contribution in [0.4, 0.5) is 19.3 Å². The van der Waals surface area contributed by atoms with E-state index in [0.717, 1.165) is 22.2 Å². The highest BCUT2D eigenvalue weighted by Crippen LogP contribution is 2.50. The first-order chi connectivity index (χ1) is 19.2. The number of fused-ring (bicyclic) bond motifs is 4. The molecule has 2 aliphatic heterocycles. The van der Waals surface area contributed by atoms with E-state index >= 15 is 0 Å². The lowest BCUT2D eigenvalue weighted by Gasteiger charge is -2.56. The third kappa shape index (κ3) is 4.06. The third-order valence-electron chi connectivity index (χ3n) is 8.04. The number of amides is 3. The fourth-order valence-electron chi connectivity index (χ4n) is 6.15. The topological polar surface area (TPSA) is 87.0 Å². The smallest absolute Gasteiger partial charge is 0.321 e. The van der Waals surface area contributed by atoms with Gasteiger partial charge in [-0.2, -0.15) is 0 Å². The lowest BCUT2D eigenvalue weighted by Crippen LogP contribution is -2.68. The number of likely N-dealkylation sites (tertiary alicyclic amines) is 1. The van der Waals surface area contributed by atoms with Crippen LogP contribution in [0.15, 0.2) is 66.7 Å². The van der Waals surface area contributed by atoms with E-state index in [1.807, 2.05) is 29.8 Å². The second-order valence-corrected chi connectivity index (χ2v) is 10.4. The van der Waals surface area contributed by atoms with Gasteiger partial charge in [-0.1, -0.05) is 0 Å². The number of benzene rings is 3. The summed E-state index contributed by atoms with van der Waals surface area (Å²) in [4.78, 5) is 30.1. The summed E-state index contributed by atoms with van der Waals surface area (Å²) >= 11 is 0. The van der Waals surface area contributed by atoms with Gasteiger partial charge in [0.1, 0.15) is 17.4 Å². The summed E-state index contributed by atoms with van der Waals surface area (Å²) in [5, 5.41) is 14.4. The van der Waals surface area contributed by atoms with E-state index in [0.29, 0.717) is 30.1 Å². The Bertz CT molecular complexity index is 1610. The van der Waals surface area contributed by atoms with Gasteiger partial charge in [0.15, 0.2) is 0 Å².